The number of halogens is 1. The molecule has 0 amide bonds. The number of nitrogens with one attached hydrogen (secondary N) is 1. The number of nitriles is 1. The minimum absolute atomic E-state index is 0.150. The molecule has 0 aliphatic rings. The lowest BCUT2D eigenvalue weighted by molar-refractivity contribution is 0.475. The Morgan fingerprint density at radius 3 is 2.62 bits per heavy atom. The summed E-state index contributed by atoms with van der Waals surface area (Å²) >= 11 is 3.56. The fraction of sp³-hybridized carbons (Fsp3) is 0.105. The van der Waals surface area contributed by atoms with Crippen LogP contribution in [0.15, 0.2) is 59.3 Å². The van der Waals surface area contributed by atoms with E-state index >= 15 is 0 Å². The lowest BCUT2D eigenvalue weighted by Crippen LogP contribution is -2.19. The minimum Gasteiger partial charge on any atom is -0.508 e. The van der Waals surface area contributed by atoms with E-state index in [-0.39, 0.29) is 12.3 Å². The molecule has 0 unspecified atom stereocenters. The highest BCUT2D eigenvalue weighted by Gasteiger charge is 2.14. The van der Waals surface area contributed by atoms with Crippen LogP contribution in [0.25, 0.3) is 0 Å². The van der Waals surface area contributed by atoms with Gasteiger partial charge in [-0.05, 0) is 64.8 Å². The molecule has 2 N–H and O–H groups in total. The van der Waals surface area contributed by atoms with Crippen molar-refractivity contribution in [3.8, 4) is 11.8 Å². The number of aromatic nitrogens is 2. The summed E-state index contributed by atoms with van der Waals surface area (Å²) in [5.41, 5.74) is 2.76. The van der Waals surface area contributed by atoms with E-state index < -0.39 is 0 Å². The molecule has 2 aromatic carbocycles. The minimum atomic E-state index is 0.150. The Labute approximate surface area is 159 Å². The normalized spacial score (nSPS) is 10.2. The van der Waals surface area contributed by atoms with Crippen molar-refractivity contribution in [1.82, 2.24) is 9.97 Å². The van der Waals surface area contributed by atoms with Crippen molar-refractivity contribution in [3.63, 3.8) is 0 Å². The van der Waals surface area contributed by atoms with Crippen molar-refractivity contribution in [3.05, 3.63) is 64.9 Å². The number of phenolic OH excluding ortho intramolecular Hbond substituents is 1. The summed E-state index contributed by atoms with van der Waals surface area (Å²) in [6, 6.07) is 16.6. The van der Waals surface area contributed by atoms with Gasteiger partial charge in [-0.25, -0.2) is 9.97 Å². The molecule has 3 rings (SSSR count). The first-order valence-corrected chi connectivity index (χ1v) is 8.65. The SMILES string of the molecule is Cc1ccc(N(CC#N)c2cc(Nc3ccc(O)cc3)ncn2)c(Br)c1. The van der Waals surface area contributed by atoms with Gasteiger partial charge < -0.3 is 15.3 Å². The zero-order chi connectivity index (χ0) is 18.5. The standard InChI is InChI=1S/C19H16BrN5O/c1-13-2-7-17(16(20)10-13)25(9-8-21)19-11-18(22-12-23-19)24-14-3-5-15(26)6-4-14/h2-7,10-12,26H,9H2,1H3,(H,22,23,24). The van der Waals surface area contributed by atoms with Crippen LogP contribution in [-0.4, -0.2) is 21.6 Å². The van der Waals surface area contributed by atoms with Crippen molar-refractivity contribution in [2.75, 3.05) is 16.8 Å². The summed E-state index contributed by atoms with van der Waals surface area (Å²) in [6.07, 6.45) is 1.45. The molecule has 0 radical (unpaired) electrons. The molecule has 1 heterocycles. The van der Waals surface area contributed by atoms with Crippen LogP contribution in [0.1, 0.15) is 5.56 Å². The molecule has 0 aliphatic carbocycles. The summed E-state index contributed by atoms with van der Waals surface area (Å²) in [6.45, 7) is 2.16. The molecule has 0 bridgehead atoms. The van der Waals surface area contributed by atoms with Crippen molar-refractivity contribution in [1.29, 1.82) is 5.26 Å². The Bertz CT molecular complexity index is 953. The maximum atomic E-state index is 9.38. The van der Waals surface area contributed by atoms with Gasteiger partial charge in [0.1, 0.15) is 30.3 Å². The van der Waals surface area contributed by atoms with Gasteiger partial charge in [-0.1, -0.05) is 6.07 Å². The molecule has 26 heavy (non-hydrogen) atoms. The van der Waals surface area contributed by atoms with Gasteiger partial charge in [-0.3, -0.25) is 0 Å². The van der Waals surface area contributed by atoms with Gasteiger partial charge in [-0.2, -0.15) is 5.26 Å². The fourth-order valence-corrected chi connectivity index (χ4v) is 3.15. The van der Waals surface area contributed by atoms with Gasteiger partial charge >= 0.3 is 0 Å². The zero-order valence-corrected chi connectivity index (χ0v) is 15.6. The van der Waals surface area contributed by atoms with E-state index in [0.717, 1.165) is 21.4 Å². The maximum absolute atomic E-state index is 9.38. The van der Waals surface area contributed by atoms with E-state index in [1.54, 1.807) is 30.3 Å². The van der Waals surface area contributed by atoms with E-state index in [4.69, 9.17) is 0 Å². The number of phenols is 1. The Morgan fingerprint density at radius 1 is 1.15 bits per heavy atom. The maximum Gasteiger partial charge on any atom is 0.139 e. The van der Waals surface area contributed by atoms with Crippen molar-refractivity contribution in [2.24, 2.45) is 0 Å². The van der Waals surface area contributed by atoms with E-state index in [9.17, 15) is 10.4 Å². The Balaban J connectivity index is 1.93. The Hall–Kier alpha value is -3.11. The van der Waals surface area contributed by atoms with Crippen molar-refractivity contribution >= 4 is 38.9 Å². The molecule has 0 saturated carbocycles. The molecule has 0 fully saturated rings. The average molecular weight is 410 g/mol. The van der Waals surface area contributed by atoms with E-state index in [1.165, 1.54) is 6.33 Å². The van der Waals surface area contributed by atoms with Crippen LogP contribution >= 0.6 is 15.9 Å². The summed E-state index contributed by atoms with van der Waals surface area (Å²) in [5.74, 6) is 1.39. The molecule has 0 atom stereocenters. The Kier molecular flexibility index (Phi) is 5.34. The Morgan fingerprint density at radius 2 is 1.92 bits per heavy atom. The molecule has 0 saturated heterocycles. The number of anilines is 4. The number of nitrogens with zero attached hydrogens (tertiary/aromatic N) is 4. The third kappa shape index (κ3) is 4.10. The van der Waals surface area contributed by atoms with Crippen LogP contribution in [0.3, 0.4) is 0 Å². The van der Waals surface area contributed by atoms with Crippen molar-refractivity contribution in [2.45, 2.75) is 6.92 Å². The first-order chi connectivity index (χ1) is 12.6. The topological polar surface area (TPSA) is 85.1 Å². The number of aryl methyl sites for hydroxylation is 1. The van der Waals surface area contributed by atoms with E-state index in [2.05, 4.69) is 37.3 Å². The average Bonchev–Trinajstić information content (AvgIpc) is 2.63. The summed E-state index contributed by atoms with van der Waals surface area (Å²) < 4.78 is 0.888. The fourth-order valence-electron chi connectivity index (χ4n) is 2.45. The van der Waals surface area contributed by atoms with E-state index in [0.29, 0.717) is 11.6 Å². The second-order valence-electron chi connectivity index (χ2n) is 5.63. The molecule has 6 nitrogen and oxygen atoms in total. The highest BCUT2D eigenvalue weighted by Crippen LogP contribution is 2.32. The largest absolute Gasteiger partial charge is 0.508 e. The molecule has 1 aromatic heterocycles. The molecule has 7 heteroatoms. The number of rotatable bonds is 5. The van der Waals surface area contributed by atoms with Gasteiger partial charge in [0.05, 0.1) is 11.8 Å². The van der Waals surface area contributed by atoms with Gasteiger partial charge in [0, 0.05) is 16.2 Å². The second-order valence-corrected chi connectivity index (χ2v) is 6.49. The van der Waals surface area contributed by atoms with Crippen LogP contribution in [-0.2, 0) is 0 Å². The monoisotopic (exact) mass is 409 g/mol. The van der Waals surface area contributed by atoms with E-state index in [1.807, 2.05) is 30.0 Å². The number of benzene rings is 2. The van der Waals surface area contributed by atoms with Crippen molar-refractivity contribution < 1.29 is 5.11 Å². The number of hydrogen-bond acceptors (Lipinski definition) is 6. The molecular weight excluding hydrogens is 394 g/mol. The first-order valence-electron chi connectivity index (χ1n) is 7.85. The number of hydrogen-bond donors (Lipinski definition) is 2. The third-order valence-corrected chi connectivity index (χ3v) is 4.33. The van der Waals surface area contributed by atoms with Gasteiger partial charge in [0.25, 0.3) is 0 Å². The lowest BCUT2D eigenvalue weighted by Gasteiger charge is -2.22. The molecule has 3 aromatic rings. The highest BCUT2D eigenvalue weighted by atomic mass is 79.9. The van der Waals surface area contributed by atoms with Crippen LogP contribution in [0.5, 0.6) is 5.75 Å². The third-order valence-electron chi connectivity index (χ3n) is 3.69. The summed E-state index contributed by atoms with van der Waals surface area (Å²) in [5, 5.41) is 21.8. The molecule has 0 aliphatic heterocycles. The quantitative estimate of drug-likeness (QED) is 0.470. The first kappa shape index (κ1) is 17.7. The predicted molar refractivity (Wildman–Crippen MR) is 105 cm³/mol. The number of aromatic hydroxyl groups is 1. The molecular formula is C19H16BrN5O. The lowest BCUT2D eigenvalue weighted by atomic mass is 10.2. The van der Waals surface area contributed by atoms with Crippen LogP contribution in [0.2, 0.25) is 0 Å². The highest BCUT2D eigenvalue weighted by molar-refractivity contribution is 9.10. The molecule has 130 valence electrons. The second kappa shape index (κ2) is 7.85. The zero-order valence-electron chi connectivity index (χ0n) is 14.0. The van der Waals surface area contributed by atoms with Gasteiger partial charge in [0.2, 0.25) is 0 Å². The summed E-state index contributed by atoms with van der Waals surface area (Å²) in [7, 11) is 0. The smallest absolute Gasteiger partial charge is 0.139 e. The van der Waals surface area contributed by atoms with Crippen LogP contribution in [0.4, 0.5) is 23.0 Å². The molecule has 0 spiro atoms. The van der Waals surface area contributed by atoms with Gasteiger partial charge in [-0.15, -0.1) is 0 Å². The van der Waals surface area contributed by atoms with Crippen LogP contribution in [0, 0.1) is 18.3 Å². The summed E-state index contributed by atoms with van der Waals surface area (Å²) in [4.78, 5) is 10.4. The predicted octanol–water partition coefficient (Wildman–Crippen LogP) is 4.66. The van der Waals surface area contributed by atoms with Gasteiger partial charge in [0.15, 0.2) is 0 Å². The van der Waals surface area contributed by atoms with Crippen LogP contribution < -0.4 is 10.2 Å².